The summed E-state index contributed by atoms with van der Waals surface area (Å²) in [5.41, 5.74) is -0.859. The lowest BCUT2D eigenvalue weighted by Crippen LogP contribution is -2.57. The number of carboxylic acids is 1. The number of hydrogen-bond acceptors (Lipinski definition) is 3. The maximum Gasteiger partial charge on any atom is 0.329 e. The lowest BCUT2D eigenvalue weighted by molar-refractivity contribution is -0.150. The number of amides is 1. The molecule has 1 amide bonds. The summed E-state index contributed by atoms with van der Waals surface area (Å²) in [5, 5.41) is 9.39. The maximum absolute atomic E-state index is 12.4. The smallest absolute Gasteiger partial charge is 0.329 e. The van der Waals surface area contributed by atoms with Gasteiger partial charge in [-0.1, -0.05) is 0 Å². The van der Waals surface area contributed by atoms with Crippen molar-refractivity contribution < 1.29 is 14.7 Å². The Morgan fingerprint density at radius 3 is 2.74 bits per heavy atom. The molecule has 0 saturated carbocycles. The van der Waals surface area contributed by atoms with Gasteiger partial charge < -0.3 is 10.0 Å². The van der Waals surface area contributed by atoms with Crippen molar-refractivity contribution >= 4 is 27.8 Å². The Morgan fingerprint density at radius 1 is 1.42 bits per heavy atom. The van der Waals surface area contributed by atoms with Crippen molar-refractivity contribution in [1.82, 2.24) is 9.88 Å². The average molecular weight is 327 g/mol. The van der Waals surface area contributed by atoms with Crippen LogP contribution in [0.15, 0.2) is 22.8 Å². The predicted molar refractivity (Wildman–Crippen MR) is 72.9 cm³/mol. The zero-order valence-corrected chi connectivity index (χ0v) is 12.2. The largest absolute Gasteiger partial charge is 0.480 e. The van der Waals surface area contributed by atoms with Gasteiger partial charge in [-0.15, -0.1) is 0 Å². The zero-order valence-electron chi connectivity index (χ0n) is 10.6. The molecule has 1 N–H and O–H groups in total. The molecule has 2 rings (SSSR count). The monoisotopic (exact) mass is 326 g/mol. The topological polar surface area (TPSA) is 70.5 Å². The molecular weight excluding hydrogens is 312 g/mol. The molecule has 19 heavy (non-hydrogen) atoms. The number of aromatic nitrogens is 1. The van der Waals surface area contributed by atoms with E-state index in [1.54, 1.807) is 19.1 Å². The van der Waals surface area contributed by atoms with Crippen LogP contribution in [0.25, 0.3) is 0 Å². The molecule has 1 aromatic heterocycles. The summed E-state index contributed by atoms with van der Waals surface area (Å²) in [6.07, 6.45) is 3.66. The molecule has 1 aliphatic heterocycles. The van der Waals surface area contributed by atoms with E-state index in [0.29, 0.717) is 13.0 Å². The first-order valence-electron chi connectivity index (χ1n) is 6.12. The molecule has 0 radical (unpaired) electrons. The Bertz CT molecular complexity index is 503. The minimum absolute atomic E-state index is 0.276. The molecule has 0 spiro atoms. The SMILES string of the molecule is CC1(C(=O)O)CCCCN1C(=O)c1ccc(Br)cn1. The number of carbonyl (C=O) groups excluding carboxylic acids is 1. The van der Waals surface area contributed by atoms with Crippen LogP contribution in [-0.2, 0) is 4.79 Å². The van der Waals surface area contributed by atoms with Gasteiger partial charge in [0.1, 0.15) is 11.2 Å². The number of halogens is 1. The Labute approximate surface area is 119 Å². The van der Waals surface area contributed by atoms with Crippen molar-refractivity contribution in [3.05, 3.63) is 28.5 Å². The van der Waals surface area contributed by atoms with E-state index in [-0.39, 0.29) is 11.6 Å². The van der Waals surface area contributed by atoms with E-state index in [4.69, 9.17) is 0 Å². The number of hydrogen-bond donors (Lipinski definition) is 1. The lowest BCUT2D eigenvalue weighted by Gasteiger charge is -2.41. The Balaban J connectivity index is 2.30. The first-order chi connectivity index (χ1) is 8.95. The van der Waals surface area contributed by atoms with Crippen molar-refractivity contribution in [2.75, 3.05) is 6.54 Å². The number of rotatable bonds is 2. The second-order valence-corrected chi connectivity index (χ2v) is 5.77. The average Bonchev–Trinajstić information content (AvgIpc) is 2.39. The highest BCUT2D eigenvalue weighted by Gasteiger charge is 2.44. The number of likely N-dealkylation sites (tertiary alicyclic amines) is 1. The number of carboxylic acid groups (broad SMARTS) is 1. The Kier molecular flexibility index (Phi) is 3.89. The third-order valence-electron chi connectivity index (χ3n) is 3.54. The Morgan fingerprint density at radius 2 is 2.16 bits per heavy atom. The minimum atomic E-state index is -1.13. The van der Waals surface area contributed by atoms with E-state index in [2.05, 4.69) is 20.9 Å². The van der Waals surface area contributed by atoms with Crippen LogP contribution in [0.3, 0.4) is 0 Å². The molecule has 0 aliphatic carbocycles. The standard InChI is InChI=1S/C13H15BrN2O3/c1-13(12(18)19)6-2-3-7-16(13)11(17)10-5-4-9(14)8-15-10/h4-5,8H,2-3,6-7H2,1H3,(H,18,19). The third kappa shape index (κ3) is 2.63. The highest BCUT2D eigenvalue weighted by Crippen LogP contribution is 2.29. The summed E-state index contributed by atoms with van der Waals surface area (Å²) in [6.45, 7) is 2.06. The van der Waals surface area contributed by atoms with Gasteiger partial charge in [0.05, 0.1) is 0 Å². The first kappa shape index (κ1) is 14.0. The van der Waals surface area contributed by atoms with Crippen LogP contribution in [0.2, 0.25) is 0 Å². The number of aliphatic carboxylic acids is 1. The first-order valence-corrected chi connectivity index (χ1v) is 6.91. The minimum Gasteiger partial charge on any atom is -0.480 e. The van der Waals surface area contributed by atoms with Gasteiger partial charge in [-0.05, 0) is 54.2 Å². The predicted octanol–water partition coefficient (Wildman–Crippen LogP) is 2.31. The number of pyridine rings is 1. The molecular formula is C13H15BrN2O3. The van der Waals surface area contributed by atoms with Crippen molar-refractivity contribution in [1.29, 1.82) is 0 Å². The fraction of sp³-hybridized carbons (Fsp3) is 0.462. The fourth-order valence-electron chi connectivity index (χ4n) is 2.31. The fourth-order valence-corrected chi connectivity index (χ4v) is 2.54. The van der Waals surface area contributed by atoms with Crippen molar-refractivity contribution in [3.63, 3.8) is 0 Å². The van der Waals surface area contributed by atoms with Crippen molar-refractivity contribution in [2.24, 2.45) is 0 Å². The number of nitrogens with zero attached hydrogens (tertiary/aromatic N) is 2. The van der Waals surface area contributed by atoms with E-state index < -0.39 is 11.5 Å². The van der Waals surface area contributed by atoms with Gasteiger partial charge in [0, 0.05) is 17.2 Å². The van der Waals surface area contributed by atoms with E-state index in [1.165, 1.54) is 11.1 Å². The highest BCUT2D eigenvalue weighted by atomic mass is 79.9. The molecule has 0 aromatic carbocycles. The van der Waals surface area contributed by atoms with Gasteiger partial charge in [-0.25, -0.2) is 9.78 Å². The van der Waals surface area contributed by atoms with Crippen LogP contribution in [0.5, 0.6) is 0 Å². The molecule has 1 unspecified atom stereocenters. The van der Waals surface area contributed by atoms with Gasteiger partial charge >= 0.3 is 5.97 Å². The van der Waals surface area contributed by atoms with Crippen LogP contribution in [-0.4, -0.2) is 39.0 Å². The van der Waals surface area contributed by atoms with Gasteiger partial charge in [0.15, 0.2) is 0 Å². The summed E-state index contributed by atoms with van der Waals surface area (Å²) < 4.78 is 0.781. The van der Waals surface area contributed by atoms with E-state index in [0.717, 1.165) is 17.3 Å². The molecule has 5 nitrogen and oxygen atoms in total. The highest BCUT2D eigenvalue weighted by molar-refractivity contribution is 9.10. The summed E-state index contributed by atoms with van der Waals surface area (Å²) in [5.74, 6) is -1.28. The van der Waals surface area contributed by atoms with Gasteiger partial charge in [-0.3, -0.25) is 4.79 Å². The van der Waals surface area contributed by atoms with Crippen LogP contribution < -0.4 is 0 Å². The molecule has 1 fully saturated rings. The molecule has 0 bridgehead atoms. The second kappa shape index (κ2) is 5.28. The second-order valence-electron chi connectivity index (χ2n) is 4.85. The van der Waals surface area contributed by atoms with E-state index in [9.17, 15) is 14.7 Å². The van der Waals surface area contributed by atoms with Crippen molar-refractivity contribution in [2.45, 2.75) is 31.7 Å². The van der Waals surface area contributed by atoms with Crippen LogP contribution in [0.4, 0.5) is 0 Å². The number of piperidine rings is 1. The molecule has 1 atom stereocenters. The zero-order chi connectivity index (χ0) is 14.0. The third-order valence-corrected chi connectivity index (χ3v) is 4.01. The molecule has 2 heterocycles. The normalized spacial score (nSPS) is 23.2. The van der Waals surface area contributed by atoms with Crippen molar-refractivity contribution in [3.8, 4) is 0 Å². The van der Waals surface area contributed by atoms with Gasteiger partial charge in [-0.2, -0.15) is 0 Å². The molecule has 6 heteroatoms. The van der Waals surface area contributed by atoms with Gasteiger partial charge in [0.25, 0.3) is 5.91 Å². The van der Waals surface area contributed by atoms with E-state index in [1.807, 2.05) is 0 Å². The molecule has 1 aromatic rings. The van der Waals surface area contributed by atoms with Crippen LogP contribution >= 0.6 is 15.9 Å². The molecule has 1 aliphatic rings. The number of carbonyl (C=O) groups is 2. The van der Waals surface area contributed by atoms with Crippen LogP contribution in [0, 0.1) is 0 Å². The lowest BCUT2D eigenvalue weighted by atomic mass is 9.88. The molecule has 102 valence electrons. The molecule has 1 saturated heterocycles. The summed E-state index contributed by atoms with van der Waals surface area (Å²) in [4.78, 5) is 29.3. The van der Waals surface area contributed by atoms with E-state index >= 15 is 0 Å². The maximum atomic E-state index is 12.4. The Hall–Kier alpha value is -1.43. The summed E-state index contributed by atoms with van der Waals surface area (Å²) in [6, 6.07) is 3.32. The summed E-state index contributed by atoms with van der Waals surface area (Å²) >= 11 is 3.25. The van der Waals surface area contributed by atoms with Crippen LogP contribution in [0.1, 0.15) is 36.7 Å². The van der Waals surface area contributed by atoms with Gasteiger partial charge in [0.2, 0.25) is 0 Å². The quantitative estimate of drug-likeness (QED) is 0.905. The summed E-state index contributed by atoms with van der Waals surface area (Å²) in [7, 11) is 0.